The molecule has 98 valence electrons. The third kappa shape index (κ3) is 2.84. The molecule has 0 aliphatic carbocycles. The number of nitrogens with two attached hydrogens (primary N) is 2. The minimum Gasteiger partial charge on any atom is -0.483 e. The van der Waals surface area contributed by atoms with Gasteiger partial charge in [0.2, 0.25) is 6.79 Å². The Hall–Kier alpha value is -1.95. The standard InChI is InChI=1S/C12H16N2O4/c1-7(13)2-8-3-10-11(18-6-17-10)4-9(8)16-5-12(14)15/h3-4,7H,2,5-6,13H2,1H3,(H2,14,15). The van der Waals surface area contributed by atoms with Crippen molar-refractivity contribution < 1.29 is 19.0 Å². The first kappa shape index (κ1) is 12.5. The van der Waals surface area contributed by atoms with Gasteiger partial charge in [0, 0.05) is 12.1 Å². The highest BCUT2D eigenvalue weighted by Crippen LogP contribution is 2.38. The van der Waals surface area contributed by atoms with Crippen LogP contribution < -0.4 is 25.7 Å². The summed E-state index contributed by atoms with van der Waals surface area (Å²) in [6.45, 7) is 1.90. The first-order valence-corrected chi connectivity index (χ1v) is 5.65. The minimum absolute atomic E-state index is 0.0266. The van der Waals surface area contributed by atoms with Crippen molar-refractivity contribution in [1.82, 2.24) is 0 Å². The smallest absolute Gasteiger partial charge is 0.255 e. The third-order valence-electron chi connectivity index (χ3n) is 2.47. The molecule has 0 aromatic heterocycles. The predicted octanol–water partition coefficient (Wildman–Crippen LogP) is 0.169. The van der Waals surface area contributed by atoms with Gasteiger partial charge in [-0.05, 0) is 25.0 Å². The van der Waals surface area contributed by atoms with E-state index < -0.39 is 5.91 Å². The quantitative estimate of drug-likeness (QED) is 0.778. The van der Waals surface area contributed by atoms with E-state index in [2.05, 4.69) is 0 Å². The van der Waals surface area contributed by atoms with Gasteiger partial charge in [0.25, 0.3) is 5.91 Å². The van der Waals surface area contributed by atoms with E-state index in [-0.39, 0.29) is 19.4 Å². The maximum atomic E-state index is 10.8. The van der Waals surface area contributed by atoms with Crippen LogP contribution in [0, 0.1) is 0 Å². The van der Waals surface area contributed by atoms with Gasteiger partial charge < -0.3 is 25.7 Å². The normalized spacial score (nSPS) is 14.3. The fourth-order valence-corrected chi connectivity index (χ4v) is 1.76. The van der Waals surface area contributed by atoms with Gasteiger partial charge in [0.1, 0.15) is 5.75 Å². The van der Waals surface area contributed by atoms with Crippen LogP contribution in [-0.4, -0.2) is 25.3 Å². The van der Waals surface area contributed by atoms with Crippen LogP contribution in [0.25, 0.3) is 0 Å². The van der Waals surface area contributed by atoms with Crippen LogP contribution in [0.15, 0.2) is 12.1 Å². The van der Waals surface area contributed by atoms with Crippen molar-refractivity contribution in [3.63, 3.8) is 0 Å². The monoisotopic (exact) mass is 252 g/mol. The first-order valence-electron chi connectivity index (χ1n) is 5.65. The van der Waals surface area contributed by atoms with Gasteiger partial charge >= 0.3 is 0 Å². The van der Waals surface area contributed by atoms with Crippen molar-refractivity contribution in [2.24, 2.45) is 11.5 Å². The van der Waals surface area contributed by atoms with Crippen LogP contribution in [0.3, 0.4) is 0 Å². The number of benzene rings is 1. The Labute approximate surface area is 105 Å². The summed E-state index contributed by atoms with van der Waals surface area (Å²) >= 11 is 0. The van der Waals surface area contributed by atoms with E-state index in [0.717, 1.165) is 5.56 Å². The van der Waals surface area contributed by atoms with Crippen molar-refractivity contribution in [2.75, 3.05) is 13.4 Å². The molecule has 0 fully saturated rings. The van der Waals surface area contributed by atoms with Crippen LogP contribution in [0.1, 0.15) is 12.5 Å². The number of carbonyl (C=O) groups excluding carboxylic acids is 1. The van der Waals surface area contributed by atoms with E-state index in [9.17, 15) is 4.79 Å². The number of rotatable bonds is 5. The zero-order chi connectivity index (χ0) is 13.1. The summed E-state index contributed by atoms with van der Waals surface area (Å²) in [5.41, 5.74) is 11.7. The van der Waals surface area contributed by atoms with Crippen LogP contribution in [0.5, 0.6) is 17.2 Å². The minimum atomic E-state index is -0.528. The Morgan fingerprint density at radius 3 is 2.72 bits per heavy atom. The van der Waals surface area contributed by atoms with Crippen molar-refractivity contribution in [2.45, 2.75) is 19.4 Å². The molecule has 4 N–H and O–H groups in total. The Morgan fingerprint density at radius 2 is 2.11 bits per heavy atom. The summed E-state index contributed by atoms with van der Waals surface area (Å²) < 4.78 is 15.9. The number of hydrogen-bond acceptors (Lipinski definition) is 5. The zero-order valence-corrected chi connectivity index (χ0v) is 10.1. The molecule has 6 heteroatoms. The second kappa shape index (κ2) is 5.14. The average Bonchev–Trinajstić information content (AvgIpc) is 2.71. The number of carbonyl (C=O) groups is 1. The largest absolute Gasteiger partial charge is 0.483 e. The molecule has 1 aliphatic rings. The Bertz CT molecular complexity index is 460. The number of ether oxygens (including phenoxy) is 3. The average molecular weight is 252 g/mol. The van der Waals surface area contributed by atoms with Crippen molar-refractivity contribution >= 4 is 5.91 Å². The molecule has 1 aromatic rings. The van der Waals surface area contributed by atoms with E-state index in [0.29, 0.717) is 23.7 Å². The molecule has 1 unspecified atom stereocenters. The van der Waals surface area contributed by atoms with Crippen molar-refractivity contribution in [1.29, 1.82) is 0 Å². The molecule has 0 radical (unpaired) electrons. The zero-order valence-electron chi connectivity index (χ0n) is 10.1. The lowest BCUT2D eigenvalue weighted by Crippen LogP contribution is -2.22. The predicted molar refractivity (Wildman–Crippen MR) is 64.6 cm³/mol. The summed E-state index contributed by atoms with van der Waals surface area (Å²) in [5, 5.41) is 0. The molecule has 0 bridgehead atoms. The Balaban J connectivity index is 2.26. The molecule has 1 atom stereocenters. The van der Waals surface area contributed by atoms with Crippen LogP contribution in [-0.2, 0) is 11.2 Å². The first-order chi connectivity index (χ1) is 8.56. The molecule has 1 aromatic carbocycles. The van der Waals surface area contributed by atoms with Gasteiger partial charge in [-0.1, -0.05) is 0 Å². The highest BCUT2D eigenvalue weighted by molar-refractivity contribution is 5.75. The molecular formula is C12H16N2O4. The van der Waals surface area contributed by atoms with Crippen molar-refractivity contribution in [3.05, 3.63) is 17.7 Å². The molecule has 6 nitrogen and oxygen atoms in total. The maximum Gasteiger partial charge on any atom is 0.255 e. The maximum absolute atomic E-state index is 10.8. The van der Waals surface area contributed by atoms with Gasteiger partial charge in [-0.25, -0.2) is 0 Å². The number of primary amides is 1. The number of fused-ring (bicyclic) bond motifs is 1. The molecular weight excluding hydrogens is 236 g/mol. The van der Waals surface area contributed by atoms with E-state index in [1.807, 2.05) is 13.0 Å². The molecule has 18 heavy (non-hydrogen) atoms. The van der Waals surface area contributed by atoms with E-state index in [1.54, 1.807) is 6.07 Å². The van der Waals surface area contributed by atoms with E-state index >= 15 is 0 Å². The van der Waals surface area contributed by atoms with Gasteiger partial charge in [0.15, 0.2) is 18.1 Å². The molecule has 1 amide bonds. The van der Waals surface area contributed by atoms with E-state index in [1.165, 1.54) is 0 Å². The highest BCUT2D eigenvalue weighted by Gasteiger charge is 2.19. The van der Waals surface area contributed by atoms with Crippen LogP contribution >= 0.6 is 0 Å². The van der Waals surface area contributed by atoms with Gasteiger partial charge in [-0.3, -0.25) is 4.79 Å². The van der Waals surface area contributed by atoms with Gasteiger partial charge in [0.05, 0.1) is 0 Å². The molecule has 2 rings (SSSR count). The summed E-state index contributed by atoms with van der Waals surface area (Å²) in [4.78, 5) is 10.8. The lowest BCUT2D eigenvalue weighted by Gasteiger charge is -2.13. The third-order valence-corrected chi connectivity index (χ3v) is 2.47. The number of hydrogen-bond donors (Lipinski definition) is 2. The molecule has 0 saturated carbocycles. The second-order valence-electron chi connectivity index (χ2n) is 4.25. The number of amides is 1. The second-order valence-corrected chi connectivity index (χ2v) is 4.25. The SMILES string of the molecule is CC(N)Cc1cc2c(cc1OCC(N)=O)OCO2. The Kier molecular flexibility index (Phi) is 3.57. The fourth-order valence-electron chi connectivity index (χ4n) is 1.76. The Morgan fingerprint density at radius 1 is 1.44 bits per heavy atom. The molecule has 1 aliphatic heterocycles. The molecule has 0 saturated heterocycles. The fraction of sp³-hybridized carbons (Fsp3) is 0.417. The topological polar surface area (TPSA) is 96.8 Å². The van der Waals surface area contributed by atoms with Crippen LogP contribution in [0.4, 0.5) is 0 Å². The van der Waals surface area contributed by atoms with Crippen LogP contribution in [0.2, 0.25) is 0 Å². The highest BCUT2D eigenvalue weighted by atomic mass is 16.7. The molecule has 1 heterocycles. The lowest BCUT2D eigenvalue weighted by atomic mass is 10.1. The summed E-state index contributed by atoms with van der Waals surface area (Å²) in [5.74, 6) is 1.29. The van der Waals surface area contributed by atoms with E-state index in [4.69, 9.17) is 25.7 Å². The summed E-state index contributed by atoms with van der Waals surface area (Å²) in [6.07, 6.45) is 0.616. The lowest BCUT2D eigenvalue weighted by molar-refractivity contribution is -0.119. The van der Waals surface area contributed by atoms with Gasteiger partial charge in [-0.2, -0.15) is 0 Å². The summed E-state index contributed by atoms with van der Waals surface area (Å²) in [7, 11) is 0. The van der Waals surface area contributed by atoms with Crippen molar-refractivity contribution in [3.8, 4) is 17.2 Å². The van der Waals surface area contributed by atoms with Gasteiger partial charge in [-0.15, -0.1) is 0 Å². The molecule has 0 spiro atoms. The summed E-state index contributed by atoms with van der Waals surface area (Å²) in [6, 6.07) is 3.49.